The fourth-order valence-electron chi connectivity index (χ4n) is 2.07. The van der Waals surface area contributed by atoms with Gasteiger partial charge in [0.05, 0.1) is 12.0 Å². The smallest absolute Gasteiger partial charge is 0.227 e. The van der Waals surface area contributed by atoms with Crippen LogP contribution >= 0.6 is 0 Å². The molecule has 2 N–H and O–H groups in total. The molecule has 0 aromatic heterocycles. The van der Waals surface area contributed by atoms with Crippen LogP contribution in [0.2, 0.25) is 0 Å². The van der Waals surface area contributed by atoms with Crippen molar-refractivity contribution >= 4 is 5.91 Å². The number of likely N-dealkylation sites (tertiary alicyclic amines) is 1. The first kappa shape index (κ1) is 8.97. The molecule has 0 bridgehead atoms. The van der Waals surface area contributed by atoms with Crippen molar-refractivity contribution in [3.8, 4) is 0 Å². The van der Waals surface area contributed by atoms with Crippen molar-refractivity contribution in [3.63, 3.8) is 0 Å². The van der Waals surface area contributed by atoms with Gasteiger partial charge in [-0.1, -0.05) is 0 Å². The van der Waals surface area contributed by atoms with Crippen molar-refractivity contribution in [3.05, 3.63) is 0 Å². The van der Waals surface area contributed by atoms with Crippen LogP contribution in [0.1, 0.15) is 12.8 Å². The first-order valence-electron chi connectivity index (χ1n) is 4.95. The number of hydrogen-bond acceptors (Lipinski definition) is 3. The van der Waals surface area contributed by atoms with Crippen LogP contribution in [0.3, 0.4) is 0 Å². The summed E-state index contributed by atoms with van der Waals surface area (Å²) in [6.45, 7) is 3.03. The number of hydrogen-bond donors (Lipinski definition) is 2. The molecule has 4 heteroatoms. The van der Waals surface area contributed by atoms with E-state index in [0.29, 0.717) is 6.54 Å². The van der Waals surface area contributed by atoms with Crippen molar-refractivity contribution in [2.24, 2.45) is 5.92 Å². The average Bonchev–Trinajstić information content (AvgIpc) is 2.72. The number of nitrogens with zero attached hydrogens (tertiary/aromatic N) is 1. The van der Waals surface area contributed by atoms with Gasteiger partial charge in [0.15, 0.2) is 0 Å². The summed E-state index contributed by atoms with van der Waals surface area (Å²) >= 11 is 0. The molecule has 0 saturated carbocycles. The maximum atomic E-state index is 11.8. The second kappa shape index (κ2) is 3.64. The van der Waals surface area contributed by atoms with Crippen molar-refractivity contribution < 1.29 is 9.90 Å². The Kier molecular flexibility index (Phi) is 2.51. The minimum atomic E-state index is -0.293. The Morgan fingerprint density at radius 3 is 2.85 bits per heavy atom. The summed E-state index contributed by atoms with van der Waals surface area (Å²) in [5.74, 6) is 0.381. The van der Waals surface area contributed by atoms with Crippen molar-refractivity contribution in [2.75, 3.05) is 26.2 Å². The molecule has 0 spiro atoms. The molecule has 2 aliphatic rings. The van der Waals surface area contributed by atoms with Crippen LogP contribution in [0.4, 0.5) is 0 Å². The highest BCUT2D eigenvalue weighted by Crippen LogP contribution is 2.16. The van der Waals surface area contributed by atoms with Crippen molar-refractivity contribution in [2.45, 2.75) is 18.9 Å². The largest absolute Gasteiger partial charge is 0.391 e. The second-order valence-electron chi connectivity index (χ2n) is 3.92. The lowest BCUT2D eigenvalue weighted by Crippen LogP contribution is -2.35. The van der Waals surface area contributed by atoms with Crippen LogP contribution in [0.25, 0.3) is 0 Å². The second-order valence-corrected chi connectivity index (χ2v) is 3.92. The van der Waals surface area contributed by atoms with E-state index < -0.39 is 0 Å². The van der Waals surface area contributed by atoms with Gasteiger partial charge < -0.3 is 15.3 Å². The molecule has 1 amide bonds. The van der Waals surface area contributed by atoms with E-state index in [9.17, 15) is 9.90 Å². The lowest BCUT2D eigenvalue weighted by molar-refractivity contribution is -0.134. The summed E-state index contributed by atoms with van der Waals surface area (Å²) in [7, 11) is 0. The summed E-state index contributed by atoms with van der Waals surface area (Å²) in [5, 5.41) is 12.5. The molecule has 0 aromatic carbocycles. The monoisotopic (exact) mass is 184 g/mol. The number of nitrogens with one attached hydrogen (secondary N) is 1. The predicted molar refractivity (Wildman–Crippen MR) is 48.2 cm³/mol. The van der Waals surface area contributed by atoms with Gasteiger partial charge in [0.25, 0.3) is 0 Å². The molecule has 0 aliphatic carbocycles. The number of carbonyl (C=O) groups excluding carboxylic acids is 1. The molecule has 2 atom stereocenters. The minimum absolute atomic E-state index is 0.158. The SMILES string of the molecule is O=C([C@@H]1CCNC1)N1CC[C@H](O)C1. The van der Waals surface area contributed by atoms with Crippen LogP contribution in [0, 0.1) is 5.92 Å². The van der Waals surface area contributed by atoms with Crippen LogP contribution in [0.5, 0.6) is 0 Å². The van der Waals surface area contributed by atoms with E-state index in [1.54, 1.807) is 4.90 Å². The Bertz CT molecular complexity index is 202. The van der Waals surface area contributed by atoms with Gasteiger partial charge in [-0.05, 0) is 19.4 Å². The molecule has 4 nitrogen and oxygen atoms in total. The molecular weight excluding hydrogens is 168 g/mol. The summed E-state index contributed by atoms with van der Waals surface area (Å²) in [6.07, 6.45) is 1.40. The van der Waals surface area contributed by atoms with Crippen LogP contribution in [0.15, 0.2) is 0 Å². The molecule has 0 radical (unpaired) electrons. The maximum absolute atomic E-state index is 11.8. The minimum Gasteiger partial charge on any atom is -0.391 e. The van der Waals surface area contributed by atoms with E-state index in [4.69, 9.17) is 0 Å². The quantitative estimate of drug-likeness (QED) is 0.560. The Hall–Kier alpha value is -0.610. The molecule has 2 rings (SSSR count). The molecule has 0 unspecified atom stereocenters. The van der Waals surface area contributed by atoms with Gasteiger partial charge in [-0.15, -0.1) is 0 Å². The first-order valence-corrected chi connectivity index (χ1v) is 4.95. The predicted octanol–water partition coefficient (Wildman–Crippen LogP) is -0.811. The fraction of sp³-hybridized carbons (Fsp3) is 0.889. The number of rotatable bonds is 1. The Balaban J connectivity index is 1.89. The van der Waals surface area contributed by atoms with Crippen molar-refractivity contribution in [1.29, 1.82) is 0 Å². The number of amides is 1. The average molecular weight is 184 g/mol. The van der Waals surface area contributed by atoms with Crippen LogP contribution < -0.4 is 5.32 Å². The van der Waals surface area contributed by atoms with E-state index in [-0.39, 0.29) is 17.9 Å². The van der Waals surface area contributed by atoms with E-state index >= 15 is 0 Å². The van der Waals surface area contributed by atoms with Crippen molar-refractivity contribution in [1.82, 2.24) is 10.2 Å². The normalized spacial score (nSPS) is 34.1. The summed E-state index contributed by atoms with van der Waals surface area (Å²) in [4.78, 5) is 13.6. The lowest BCUT2D eigenvalue weighted by Gasteiger charge is -2.19. The van der Waals surface area contributed by atoms with Gasteiger partial charge in [-0.2, -0.15) is 0 Å². The maximum Gasteiger partial charge on any atom is 0.227 e. The van der Waals surface area contributed by atoms with Gasteiger partial charge in [-0.25, -0.2) is 0 Å². The zero-order chi connectivity index (χ0) is 9.26. The number of aliphatic hydroxyl groups excluding tert-OH is 1. The van der Waals surface area contributed by atoms with Gasteiger partial charge in [0, 0.05) is 19.6 Å². The number of β-amino-alcohol motifs (C(OH)–C–C–N with tert-alkyl or cyclic N) is 1. The molecule has 74 valence electrons. The highest BCUT2D eigenvalue weighted by Gasteiger charge is 2.31. The molecule has 2 saturated heterocycles. The van der Waals surface area contributed by atoms with Crippen LogP contribution in [-0.2, 0) is 4.79 Å². The first-order chi connectivity index (χ1) is 6.27. The molecule has 2 aliphatic heterocycles. The third-order valence-electron chi connectivity index (χ3n) is 2.88. The lowest BCUT2D eigenvalue weighted by atomic mass is 10.1. The van der Waals surface area contributed by atoms with E-state index in [1.165, 1.54) is 0 Å². The highest BCUT2D eigenvalue weighted by molar-refractivity contribution is 5.79. The summed E-state index contributed by atoms with van der Waals surface area (Å²) < 4.78 is 0. The van der Waals surface area contributed by atoms with Gasteiger partial charge in [0.1, 0.15) is 0 Å². The zero-order valence-corrected chi connectivity index (χ0v) is 7.70. The van der Waals surface area contributed by atoms with E-state index in [1.807, 2.05) is 0 Å². The fourth-order valence-corrected chi connectivity index (χ4v) is 2.07. The van der Waals surface area contributed by atoms with Crippen LogP contribution in [-0.4, -0.2) is 48.2 Å². The standard InChI is InChI=1S/C9H16N2O2/c12-8-2-4-11(6-8)9(13)7-1-3-10-5-7/h7-8,10,12H,1-6H2/t7-,8+/m1/s1. The zero-order valence-electron chi connectivity index (χ0n) is 7.70. The third-order valence-corrected chi connectivity index (χ3v) is 2.88. The Morgan fingerprint density at radius 1 is 1.46 bits per heavy atom. The topological polar surface area (TPSA) is 52.6 Å². The van der Waals surface area contributed by atoms with Gasteiger partial charge in [-0.3, -0.25) is 4.79 Å². The summed E-state index contributed by atoms with van der Waals surface area (Å²) in [5.41, 5.74) is 0. The molecule has 2 heterocycles. The molecule has 0 aromatic rings. The Labute approximate surface area is 77.9 Å². The van der Waals surface area contributed by atoms with Gasteiger partial charge >= 0.3 is 0 Å². The summed E-state index contributed by atoms with van der Waals surface area (Å²) in [6, 6.07) is 0. The number of carbonyl (C=O) groups is 1. The molecule has 13 heavy (non-hydrogen) atoms. The Morgan fingerprint density at radius 2 is 2.31 bits per heavy atom. The number of aliphatic hydroxyl groups is 1. The van der Waals surface area contributed by atoms with E-state index in [2.05, 4.69) is 5.32 Å². The van der Waals surface area contributed by atoms with Gasteiger partial charge in [0.2, 0.25) is 5.91 Å². The highest BCUT2D eigenvalue weighted by atomic mass is 16.3. The molecule has 2 fully saturated rings. The molecular formula is C9H16N2O2. The van der Waals surface area contributed by atoms with E-state index in [0.717, 1.165) is 32.5 Å². The third kappa shape index (κ3) is 1.84.